The van der Waals surface area contributed by atoms with Crippen LogP contribution in [0.25, 0.3) is 0 Å². The van der Waals surface area contributed by atoms with E-state index in [-0.39, 0.29) is 5.82 Å². The number of anilines is 1. The van der Waals surface area contributed by atoms with Crippen molar-refractivity contribution in [3.8, 4) is 5.75 Å². The molecule has 0 aliphatic carbocycles. The summed E-state index contributed by atoms with van der Waals surface area (Å²) in [7, 11) is 1.51. The van der Waals surface area contributed by atoms with E-state index in [9.17, 15) is 14.3 Å². The summed E-state index contributed by atoms with van der Waals surface area (Å²) in [6.07, 6.45) is -1.33. The fourth-order valence-corrected chi connectivity index (χ4v) is 1.93. The monoisotopic (exact) mass is 289 g/mol. The largest absolute Gasteiger partial charge is 0.497 e. The summed E-state index contributed by atoms with van der Waals surface area (Å²) in [5.41, 5.74) is 1.47. The lowest BCUT2D eigenvalue weighted by Crippen LogP contribution is -2.21. The quantitative estimate of drug-likeness (QED) is 0.910. The van der Waals surface area contributed by atoms with Crippen LogP contribution in [-0.2, 0) is 4.79 Å². The Hall–Kier alpha value is -2.40. The molecule has 0 bridgehead atoms. The number of carbonyl (C=O) groups is 1. The SMILES string of the molecule is COc1cccc(C(O)C(=O)Nc2ccc(F)cc2C)c1. The maximum atomic E-state index is 13.0. The number of aryl methyl sites for hydroxylation is 1. The lowest BCUT2D eigenvalue weighted by Gasteiger charge is -2.14. The summed E-state index contributed by atoms with van der Waals surface area (Å²) in [6.45, 7) is 1.68. The van der Waals surface area contributed by atoms with E-state index in [1.54, 1.807) is 31.2 Å². The van der Waals surface area contributed by atoms with E-state index in [0.29, 0.717) is 22.6 Å². The first-order chi connectivity index (χ1) is 10.0. The average molecular weight is 289 g/mol. The van der Waals surface area contributed by atoms with Crippen LogP contribution in [0, 0.1) is 12.7 Å². The first kappa shape index (κ1) is 15.0. The van der Waals surface area contributed by atoms with Crippen LogP contribution < -0.4 is 10.1 Å². The van der Waals surface area contributed by atoms with Gasteiger partial charge in [0.15, 0.2) is 6.10 Å². The summed E-state index contributed by atoms with van der Waals surface area (Å²) in [6, 6.07) is 10.6. The molecule has 0 spiro atoms. The predicted octanol–water partition coefficient (Wildman–Crippen LogP) is 2.81. The number of methoxy groups -OCH3 is 1. The number of carbonyl (C=O) groups excluding carboxylic acids is 1. The maximum Gasteiger partial charge on any atom is 0.257 e. The standard InChI is InChI=1S/C16H16FNO3/c1-10-8-12(17)6-7-14(10)18-16(20)15(19)11-4-3-5-13(9-11)21-2/h3-9,15,19H,1-2H3,(H,18,20). The summed E-state index contributed by atoms with van der Waals surface area (Å²) in [5.74, 6) is -0.408. The second-order valence-corrected chi connectivity index (χ2v) is 4.63. The second kappa shape index (κ2) is 6.37. The van der Waals surface area contributed by atoms with Crippen molar-refractivity contribution in [2.75, 3.05) is 12.4 Å². The van der Waals surface area contributed by atoms with Crippen molar-refractivity contribution in [2.24, 2.45) is 0 Å². The number of hydrogen-bond donors (Lipinski definition) is 2. The minimum absolute atomic E-state index is 0.376. The number of rotatable bonds is 4. The molecule has 2 aromatic rings. The molecule has 0 aliphatic heterocycles. The second-order valence-electron chi connectivity index (χ2n) is 4.63. The van der Waals surface area contributed by atoms with Crippen molar-refractivity contribution in [3.63, 3.8) is 0 Å². The average Bonchev–Trinajstić information content (AvgIpc) is 2.49. The van der Waals surface area contributed by atoms with Gasteiger partial charge in [0.1, 0.15) is 11.6 Å². The number of hydrogen-bond acceptors (Lipinski definition) is 3. The van der Waals surface area contributed by atoms with Gasteiger partial charge in [0, 0.05) is 5.69 Å². The van der Waals surface area contributed by atoms with Crippen LogP contribution in [0.3, 0.4) is 0 Å². The number of aliphatic hydroxyl groups excluding tert-OH is 1. The van der Waals surface area contributed by atoms with Gasteiger partial charge >= 0.3 is 0 Å². The first-order valence-corrected chi connectivity index (χ1v) is 6.40. The fourth-order valence-electron chi connectivity index (χ4n) is 1.93. The highest BCUT2D eigenvalue weighted by atomic mass is 19.1. The third kappa shape index (κ3) is 3.58. The third-order valence-corrected chi connectivity index (χ3v) is 3.10. The molecule has 1 amide bonds. The van der Waals surface area contributed by atoms with Gasteiger partial charge < -0.3 is 15.2 Å². The molecule has 0 aliphatic rings. The molecule has 2 rings (SSSR count). The molecular formula is C16H16FNO3. The van der Waals surface area contributed by atoms with Gasteiger partial charge in [0.05, 0.1) is 7.11 Å². The summed E-state index contributed by atoms with van der Waals surface area (Å²) in [5, 5.41) is 12.7. The first-order valence-electron chi connectivity index (χ1n) is 6.40. The van der Waals surface area contributed by atoms with Gasteiger partial charge in [-0.2, -0.15) is 0 Å². The van der Waals surface area contributed by atoms with E-state index < -0.39 is 12.0 Å². The Morgan fingerprint density at radius 1 is 1.29 bits per heavy atom. The molecule has 110 valence electrons. The lowest BCUT2D eigenvalue weighted by molar-refractivity contribution is -0.124. The van der Waals surface area contributed by atoms with E-state index in [2.05, 4.69) is 5.32 Å². The van der Waals surface area contributed by atoms with Crippen LogP contribution in [-0.4, -0.2) is 18.1 Å². The smallest absolute Gasteiger partial charge is 0.257 e. The third-order valence-electron chi connectivity index (χ3n) is 3.10. The van der Waals surface area contributed by atoms with Gasteiger partial charge in [-0.05, 0) is 48.4 Å². The predicted molar refractivity (Wildman–Crippen MR) is 77.7 cm³/mol. The number of aliphatic hydroxyl groups is 1. The highest BCUT2D eigenvalue weighted by Crippen LogP contribution is 2.22. The summed E-state index contributed by atoms with van der Waals surface area (Å²) in [4.78, 5) is 12.1. The number of amides is 1. The Morgan fingerprint density at radius 2 is 2.05 bits per heavy atom. The minimum Gasteiger partial charge on any atom is -0.497 e. The molecule has 21 heavy (non-hydrogen) atoms. The molecule has 0 saturated heterocycles. The van der Waals surface area contributed by atoms with Crippen molar-refractivity contribution in [2.45, 2.75) is 13.0 Å². The fraction of sp³-hybridized carbons (Fsp3) is 0.188. The molecule has 1 atom stereocenters. The van der Waals surface area contributed by atoms with Crippen LogP contribution in [0.2, 0.25) is 0 Å². The van der Waals surface area contributed by atoms with Gasteiger partial charge in [-0.25, -0.2) is 4.39 Å². The van der Waals surface area contributed by atoms with E-state index in [4.69, 9.17) is 4.74 Å². The van der Waals surface area contributed by atoms with Crippen LogP contribution in [0.15, 0.2) is 42.5 Å². The van der Waals surface area contributed by atoms with Crippen molar-refractivity contribution >= 4 is 11.6 Å². The Balaban J connectivity index is 2.15. The molecule has 5 heteroatoms. The molecule has 0 radical (unpaired) electrons. The molecule has 2 aromatic carbocycles. The Morgan fingerprint density at radius 3 is 2.71 bits per heavy atom. The Labute approximate surface area is 122 Å². The molecule has 0 saturated carbocycles. The van der Waals surface area contributed by atoms with Gasteiger partial charge in [0.2, 0.25) is 0 Å². The van der Waals surface area contributed by atoms with Gasteiger partial charge in [-0.3, -0.25) is 4.79 Å². The van der Waals surface area contributed by atoms with Crippen molar-refractivity contribution < 1.29 is 19.0 Å². The van der Waals surface area contributed by atoms with Crippen LogP contribution in [0.4, 0.5) is 10.1 Å². The van der Waals surface area contributed by atoms with E-state index >= 15 is 0 Å². The van der Waals surface area contributed by atoms with Gasteiger partial charge in [0.25, 0.3) is 5.91 Å². The highest BCUT2D eigenvalue weighted by Gasteiger charge is 2.18. The number of nitrogens with one attached hydrogen (secondary N) is 1. The Bertz CT molecular complexity index is 658. The van der Waals surface area contributed by atoms with Gasteiger partial charge in [-0.1, -0.05) is 12.1 Å². The van der Waals surface area contributed by atoms with E-state index in [1.165, 1.54) is 25.3 Å². The zero-order valence-corrected chi connectivity index (χ0v) is 11.8. The number of benzene rings is 2. The van der Waals surface area contributed by atoms with E-state index in [0.717, 1.165) is 0 Å². The molecule has 0 aromatic heterocycles. The molecule has 0 heterocycles. The summed E-state index contributed by atoms with van der Waals surface area (Å²) < 4.78 is 18.1. The highest BCUT2D eigenvalue weighted by molar-refractivity contribution is 5.95. The van der Waals surface area contributed by atoms with Crippen LogP contribution >= 0.6 is 0 Å². The molecule has 1 unspecified atom stereocenters. The van der Waals surface area contributed by atoms with Crippen molar-refractivity contribution in [1.82, 2.24) is 0 Å². The van der Waals surface area contributed by atoms with Crippen LogP contribution in [0.5, 0.6) is 5.75 Å². The van der Waals surface area contributed by atoms with Crippen LogP contribution in [0.1, 0.15) is 17.2 Å². The number of halogens is 1. The molecule has 2 N–H and O–H groups in total. The van der Waals surface area contributed by atoms with Gasteiger partial charge in [-0.15, -0.1) is 0 Å². The lowest BCUT2D eigenvalue weighted by atomic mass is 10.1. The van der Waals surface area contributed by atoms with Crippen molar-refractivity contribution in [3.05, 3.63) is 59.4 Å². The molecule has 0 fully saturated rings. The zero-order chi connectivity index (χ0) is 15.4. The molecular weight excluding hydrogens is 273 g/mol. The zero-order valence-electron chi connectivity index (χ0n) is 11.8. The maximum absolute atomic E-state index is 13.0. The van der Waals surface area contributed by atoms with E-state index in [1.807, 2.05) is 0 Å². The minimum atomic E-state index is -1.33. The number of ether oxygens (including phenoxy) is 1. The van der Waals surface area contributed by atoms with Crippen molar-refractivity contribution in [1.29, 1.82) is 0 Å². The topological polar surface area (TPSA) is 58.6 Å². The summed E-state index contributed by atoms with van der Waals surface area (Å²) >= 11 is 0. The molecule has 4 nitrogen and oxygen atoms in total. The Kier molecular flexibility index (Phi) is 4.55. The normalized spacial score (nSPS) is 11.8.